The van der Waals surface area contributed by atoms with E-state index in [1.807, 2.05) is 35.3 Å². The van der Waals surface area contributed by atoms with Crippen LogP contribution in [0.25, 0.3) is 0 Å². The summed E-state index contributed by atoms with van der Waals surface area (Å²) < 4.78 is 17.3. The molecule has 0 bridgehead atoms. The number of amides is 1. The van der Waals surface area contributed by atoms with Gasteiger partial charge in [0.15, 0.2) is 0 Å². The van der Waals surface area contributed by atoms with E-state index in [1.165, 1.54) is 26.0 Å². The van der Waals surface area contributed by atoms with Gasteiger partial charge in [0, 0.05) is 53.5 Å². The number of anilines is 1. The molecule has 1 fully saturated rings. The van der Waals surface area contributed by atoms with Gasteiger partial charge < -0.3 is 24.4 Å². The Labute approximate surface area is 220 Å². The van der Waals surface area contributed by atoms with E-state index >= 15 is 0 Å². The fourth-order valence-electron chi connectivity index (χ4n) is 4.37. The monoisotopic (exact) mass is 529 g/mol. The van der Waals surface area contributed by atoms with Crippen LogP contribution in [0.1, 0.15) is 5.56 Å². The lowest BCUT2D eigenvalue weighted by molar-refractivity contribution is -0.226. The number of carbonyl (C=O) groups is 1. The third-order valence-electron chi connectivity index (χ3n) is 6.57. The number of rotatable bonds is 10. The summed E-state index contributed by atoms with van der Waals surface area (Å²) in [6.07, 6.45) is 6.19. The summed E-state index contributed by atoms with van der Waals surface area (Å²) in [7, 11) is 3.05. The van der Waals surface area contributed by atoms with Gasteiger partial charge in [-0.3, -0.25) is 14.5 Å². The van der Waals surface area contributed by atoms with Crippen LogP contribution in [0, 0.1) is 0 Å². The Bertz CT molecular complexity index is 1170. The van der Waals surface area contributed by atoms with Gasteiger partial charge in [-0.15, -0.1) is 0 Å². The first-order valence-electron chi connectivity index (χ1n) is 12.1. The lowest BCUT2D eigenvalue weighted by Gasteiger charge is -2.38. The molecule has 1 unspecified atom stereocenters. The molecular weight excluding hydrogens is 498 g/mol. The highest BCUT2D eigenvalue weighted by molar-refractivity contribution is 6.32. The van der Waals surface area contributed by atoms with E-state index < -0.39 is 17.5 Å². The normalized spacial score (nSPS) is 19.5. The molecule has 1 saturated heterocycles. The molecule has 0 spiro atoms. The molecule has 1 amide bonds. The lowest BCUT2D eigenvalue weighted by atomic mass is 9.98. The number of aromatic amines is 1. The van der Waals surface area contributed by atoms with Crippen LogP contribution in [0.3, 0.4) is 0 Å². The molecule has 0 radical (unpaired) electrons. The van der Waals surface area contributed by atoms with Gasteiger partial charge in [0.25, 0.3) is 5.56 Å². The van der Waals surface area contributed by atoms with Crippen molar-refractivity contribution in [2.45, 2.75) is 18.4 Å². The SMILES string of the molecule is COC1(OC)C=CC(CNc2cn[nH]c(=O)c2Cl)=CC1OCC(=O)N1CCN(Cc2ccccc2)CC1. The average molecular weight is 530 g/mol. The second kappa shape index (κ2) is 12.5. The first kappa shape index (κ1) is 27.0. The van der Waals surface area contributed by atoms with Crippen molar-refractivity contribution >= 4 is 23.2 Å². The fraction of sp³-hybridized carbons (Fsp3) is 0.423. The molecule has 37 heavy (non-hydrogen) atoms. The Morgan fingerprint density at radius 3 is 2.62 bits per heavy atom. The molecule has 10 nitrogen and oxygen atoms in total. The van der Waals surface area contributed by atoms with Gasteiger partial charge in [0.2, 0.25) is 11.7 Å². The number of aromatic nitrogens is 2. The molecule has 0 saturated carbocycles. The summed E-state index contributed by atoms with van der Waals surface area (Å²) in [6, 6.07) is 10.3. The smallest absolute Gasteiger partial charge is 0.285 e. The van der Waals surface area contributed by atoms with Crippen molar-refractivity contribution in [3.63, 3.8) is 0 Å². The number of hydrogen-bond donors (Lipinski definition) is 2. The zero-order valence-electron chi connectivity index (χ0n) is 21.0. The highest BCUT2D eigenvalue weighted by atomic mass is 35.5. The van der Waals surface area contributed by atoms with E-state index in [1.54, 1.807) is 6.08 Å². The van der Waals surface area contributed by atoms with Crippen molar-refractivity contribution < 1.29 is 19.0 Å². The number of carbonyl (C=O) groups excluding carboxylic acids is 1. The average Bonchev–Trinajstić information content (AvgIpc) is 2.93. The third kappa shape index (κ3) is 6.65. The molecule has 1 aliphatic heterocycles. The summed E-state index contributed by atoms with van der Waals surface area (Å²) in [4.78, 5) is 28.8. The van der Waals surface area contributed by atoms with Crippen LogP contribution in [-0.2, 0) is 25.5 Å². The Morgan fingerprint density at radius 1 is 1.19 bits per heavy atom. The van der Waals surface area contributed by atoms with Crippen molar-refractivity contribution in [1.29, 1.82) is 0 Å². The minimum absolute atomic E-state index is 0.0285. The van der Waals surface area contributed by atoms with Crippen LogP contribution >= 0.6 is 11.6 Å². The van der Waals surface area contributed by atoms with Crippen LogP contribution in [-0.4, -0.2) is 91.3 Å². The maximum absolute atomic E-state index is 13.0. The molecule has 2 N–H and O–H groups in total. The number of H-pyrrole nitrogens is 1. The van der Waals surface area contributed by atoms with Crippen LogP contribution in [0.2, 0.25) is 5.02 Å². The Kier molecular flexibility index (Phi) is 9.12. The van der Waals surface area contributed by atoms with Crippen molar-refractivity contribution in [2.24, 2.45) is 0 Å². The second-order valence-corrected chi connectivity index (χ2v) is 9.24. The second-order valence-electron chi connectivity index (χ2n) is 8.86. The number of nitrogens with one attached hydrogen (secondary N) is 2. The first-order valence-corrected chi connectivity index (χ1v) is 12.4. The molecule has 4 rings (SSSR count). The number of methoxy groups -OCH3 is 2. The number of halogens is 1. The zero-order chi connectivity index (χ0) is 26.3. The first-order chi connectivity index (χ1) is 17.9. The third-order valence-corrected chi connectivity index (χ3v) is 6.94. The van der Waals surface area contributed by atoms with E-state index in [0.29, 0.717) is 25.3 Å². The molecule has 2 heterocycles. The number of hydrogen-bond acceptors (Lipinski definition) is 8. The topological polar surface area (TPSA) is 109 Å². The number of ether oxygens (including phenoxy) is 3. The highest BCUT2D eigenvalue weighted by Crippen LogP contribution is 2.29. The molecule has 1 atom stereocenters. The molecule has 198 valence electrons. The molecular formula is C26H32ClN5O5. The van der Waals surface area contributed by atoms with Crippen LogP contribution in [0.4, 0.5) is 5.69 Å². The van der Waals surface area contributed by atoms with E-state index in [4.69, 9.17) is 25.8 Å². The Hall–Kier alpha value is -3.02. The molecule has 1 aromatic carbocycles. The van der Waals surface area contributed by atoms with E-state index in [-0.39, 0.29) is 17.5 Å². The predicted molar refractivity (Wildman–Crippen MR) is 140 cm³/mol. The molecule has 1 aliphatic carbocycles. The minimum Gasteiger partial charge on any atom is -0.378 e. The standard InChI is InChI=1S/C26H32ClN5O5/c1-35-26(36-2)9-8-20(15-28-21-16-29-30-25(34)24(21)27)14-22(26)37-18-23(33)32-12-10-31(11-13-32)17-19-6-4-3-5-7-19/h3-9,14,16,22H,10-13,15,17-18H2,1-2H3,(H2,28,30,34). The molecule has 2 aromatic rings. The summed E-state index contributed by atoms with van der Waals surface area (Å²) in [5.74, 6) is -1.24. The van der Waals surface area contributed by atoms with Crippen molar-refractivity contribution in [2.75, 3.05) is 58.9 Å². The van der Waals surface area contributed by atoms with Crippen LogP contribution < -0.4 is 10.9 Å². The Balaban J connectivity index is 1.33. The number of piperazine rings is 1. The maximum Gasteiger partial charge on any atom is 0.285 e. The predicted octanol–water partition coefficient (Wildman–Crippen LogP) is 2.05. The zero-order valence-corrected chi connectivity index (χ0v) is 21.7. The largest absolute Gasteiger partial charge is 0.378 e. The van der Waals surface area contributed by atoms with Gasteiger partial charge in [-0.2, -0.15) is 5.10 Å². The lowest BCUT2D eigenvalue weighted by Crippen LogP contribution is -2.51. The summed E-state index contributed by atoms with van der Waals surface area (Å²) >= 11 is 6.04. The van der Waals surface area contributed by atoms with E-state index in [9.17, 15) is 9.59 Å². The quantitative estimate of drug-likeness (QED) is 0.450. The van der Waals surface area contributed by atoms with Crippen LogP contribution in [0.15, 0.2) is 65.1 Å². The van der Waals surface area contributed by atoms with E-state index in [2.05, 4.69) is 32.5 Å². The van der Waals surface area contributed by atoms with Gasteiger partial charge in [0.05, 0.1) is 11.9 Å². The van der Waals surface area contributed by atoms with E-state index in [0.717, 1.165) is 25.2 Å². The summed E-state index contributed by atoms with van der Waals surface area (Å²) in [6.45, 7) is 4.03. The van der Waals surface area contributed by atoms with Gasteiger partial charge in [-0.1, -0.05) is 48.0 Å². The number of benzene rings is 1. The highest BCUT2D eigenvalue weighted by Gasteiger charge is 2.39. The summed E-state index contributed by atoms with van der Waals surface area (Å²) in [5, 5.41) is 9.16. The van der Waals surface area contributed by atoms with Crippen LogP contribution in [0.5, 0.6) is 0 Å². The van der Waals surface area contributed by atoms with Gasteiger partial charge in [-0.05, 0) is 23.3 Å². The number of nitrogens with zero attached hydrogens (tertiary/aromatic N) is 3. The fourth-order valence-corrected chi connectivity index (χ4v) is 4.53. The van der Waals surface area contributed by atoms with Gasteiger partial charge in [0.1, 0.15) is 17.7 Å². The molecule has 11 heteroatoms. The van der Waals surface area contributed by atoms with Gasteiger partial charge >= 0.3 is 0 Å². The van der Waals surface area contributed by atoms with Crippen molar-refractivity contribution in [3.8, 4) is 0 Å². The maximum atomic E-state index is 13.0. The Morgan fingerprint density at radius 2 is 1.92 bits per heavy atom. The van der Waals surface area contributed by atoms with Gasteiger partial charge in [-0.25, -0.2) is 5.10 Å². The minimum atomic E-state index is -1.17. The molecule has 1 aromatic heterocycles. The van der Waals surface area contributed by atoms with Crippen molar-refractivity contribution in [1.82, 2.24) is 20.0 Å². The summed E-state index contributed by atoms with van der Waals surface area (Å²) in [5.41, 5.74) is 2.04. The van der Waals surface area contributed by atoms with Crippen molar-refractivity contribution in [3.05, 3.63) is 81.3 Å². The molecule has 2 aliphatic rings.